The van der Waals surface area contributed by atoms with Gasteiger partial charge in [-0.1, -0.05) is 74.3 Å². The zero-order valence-corrected chi connectivity index (χ0v) is 25.1. The number of nitrogens with one attached hydrogen (secondary N) is 1. The summed E-state index contributed by atoms with van der Waals surface area (Å²) in [5, 5.41) is 9.37. The molecule has 1 unspecified atom stereocenters. The van der Waals surface area contributed by atoms with Crippen LogP contribution in [0.1, 0.15) is 70.5 Å². The van der Waals surface area contributed by atoms with E-state index in [9.17, 15) is 4.79 Å². The van der Waals surface area contributed by atoms with Gasteiger partial charge in [0.2, 0.25) is 11.1 Å². The number of anilines is 1. The first-order valence-electron chi connectivity index (χ1n) is 13.8. The molecule has 40 heavy (non-hydrogen) atoms. The lowest BCUT2D eigenvalue weighted by molar-refractivity contribution is -0.139. The fourth-order valence-electron chi connectivity index (χ4n) is 4.32. The highest BCUT2D eigenvalue weighted by molar-refractivity contribution is 7.98. The van der Waals surface area contributed by atoms with Crippen molar-refractivity contribution in [3.63, 3.8) is 0 Å². The number of esters is 1. The van der Waals surface area contributed by atoms with Gasteiger partial charge in [0.15, 0.2) is 11.5 Å². The average molecular weight is 585 g/mol. The molecule has 2 heterocycles. The fourth-order valence-corrected chi connectivity index (χ4v) is 5.43. The van der Waals surface area contributed by atoms with Crippen LogP contribution in [0.2, 0.25) is 5.02 Å². The van der Waals surface area contributed by atoms with Crippen LogP contribution in [-0.2, 0) is 15.3 Å². The number of rotatable bonds is 14. The lowest BCUT2D eigenvalue weighted by atomic mass is 9.95. The summed E-state index contributed by atoms with van der Waals surface area (Å²) in [6.07, 6.45) is 3.72. The van der Waals surface area contributed by atoms with E-state index in [1.165, 1.54) is 11.8 Å². The molecule has 0 fully saturated rings. The van der Waals surface area contributed by atoms with Gasteiger partial charge in [0, 0.05) is 16.5 Å². The summed E-state index contributed by atoms with van der Waals surface area (Å²) in [4.78, 5) is 18.2. The molecule has 1 aliphatic rings. The number of aromatic nitrogens is 3. The molecule has 214 valence electrons. The minimum absolute atomic E-state index is 0.358. The van der Waals surface area contributed by atoms with Crippen LogP contribution in [0.4, 0.5) is 5.95 Å². The van der Waals surface area contributed by atoms with Gasteiger partial charge in [0.05, 0.1) is 25.4 Å². The summed E-state index contributed by atoms with van der Waals surface area (Å²) in [5.74, 6) is 2.09. The molecule has 0 spiro atoms. The number of hydrogen-bond acceptors (Lipinski definition) is 8. The van der Waals surface area contributed by atoms with Crippen molar-refractivity contribution in [2.24, 2.45) is 0 Å². The molecule has 1 atom stereocenters. The summed E-state index contributed by atoms with van der Waals surface area (Å²) in [6, 6.07) is 12.9. The molecule has 1 N–H and O–H groups in total. The van der Waals surface area contributed by atoms with Crippen molar-refractivity contribution < 1.29 is 19.0 Å². The highest BCUT2D eigenvalue weighted by Gasteiger charge is 2.36. The van der Waals surface area contributed by atoms with Crippen molar-refractivity contribution in [3.8, 4) is 11.5 Å². The summed E-state index contributed by atoms with van der Waals surface area (Å²) in [5.41, 5.74) is 2.98. The van der Waals surface area contributed by atoms with Gasteiger partial charge in [0.25, 0.3) is 0 Å². The van der Waals surface area contributed by atoms with Gasteiger partial charge in [-0.3, -0.25) is 0 Å². The van der Waals surface area contributed by atoms with E-state index in [-0.39, 0.29) is 5.97 Å². The number of nitrogens with zero attached hydrogens (tertiary/aromatic N) is 3. The van der Waals surface area contributed by atoms with Crippen LogP contribution in [-0.4, -0.2) is 40.6 Å². The van der Waals surface area contributed by atoms with Crippen LogP contribution in [0.3, 0.4) is 0 Å². The number of hydrogen-bond donors (Lipinski definition) is 1. The van der Waals surface area contributed by atoms with Crippen molar-refractivity contribution in [2.45, 2.75) is 70.3 Å². The molecule has 1 aromatic heterocycles. The molecular formula is C30H37ClN4O4S. The Morgan fingerprint density at radius 3 is 2.58 bits per heavy atom. The topological polar surface area (TPSA) is 87.5 Å². The second-order valence-corrected chi connectivity index (χ2v) is 10.8. The second-order valence-electron chi connectivity index (χ2n) is 9.44. The van der Waals surface area contributed by atoms with Crippen molar-refractivity contribution in [2.75, 3.05) is 25.1 Å². The molecule has 1 aliphatic heterocycles. The van der Waals surface area contributed by atoms with Gasteiger partial charge in [0.1, 0.15) is 6.04 Å². The fraction of sp³-hybridized carbons (Fsp3) is 0.433. The Morgan fingerprint density at radius 1 is 1.05 bits per heavy atom. The molecule has 4 rings (SSSR count). The minimum atomic E-state index is -0.559. The zero-order chi connectivity index (χ0) is 28.5. The predicted molar refractivity (Wildman–Crippen MR) is 159 cm³/mol. The van der Waals surface area contributed by atoms with Gasteiger partial charge in [-0.05, 0) is 56.0 Å². The third-order valence-electron chi connectivity index (χ3n) is 6.44. The second kappa shape index (κ2) is 14.5. The van der Waals surface area contributed by atoms with E-state index < -0.39 is 6.04 Å². The number of thioether (sulfide) groups is 1. The third-order valence-corrected chi connectivity index (χ3v) is 7.69. The van der Waals surface area contributed by atoms with Crippen LogP contribution < -0.4 is 14.8 Å². The molecule has 0 radical (unpaired) electrons. The highest BCUT2D eigenvalue weighted by atomic mass is 35.5. The van der Waals surface area contributed by atoms with E-state index in [1.54, 1.807) is 4.68 Å². The van der Waals surface area contributed by atoms with Crippen molar-refractivity contribution >= 4 is 35.3 Å². The van der Waals surface area contributed by atoms with Crippen molar-refractivity contribution in [3.05, 3.63) is 69.9 Å². The smallest absolute Gasteiger partial charge is 0.338 e. The Bertz CT molecular complexity index is 1340. The quantitative estimate of drug-likeness (QED) is 0.119. The first-order chi connectivity index (χ1) is 19.5. The first-order valence-corrected chi connectivity index (χ1v) is 15.2. The Hall–Kier alpha value is -3.17. The maximum Gasteiger partial charge on any atom is 0.338 e. The number of unbranched alkanes of at least 4 members (excludes halogenated alkanes) is 2. The normalized spacial score (nSPS) is 14.5. The van der Waals surface area contributed by atoms with Crippen molar-refractivity contribution in [1.29, 1.82) is 0 Å². The average Bonchev–Trinajstić information content (AvgIpc) is 3.35. The van der Waals surface area contributed by atoms with E-state index in [0.717, 1.165) is 36.8 Å². The van der Waals surface area contributed by atoms with Gasteiger partial charge in [-0.25, -0.2) is 9.48 Å². The molecule has 10 heteroatoms. The molecule has 0 saturated heterocycles. The molecule has 0 saturated carbocycles. The van der Waals surface area contributed by atoms with Crippen LogP contribution >= 0.6 is 23.4 Å². The SMILES string of the molecule is CCCCOC(=O)C1=C(C)Nc2nc(SCc3ccccc3Cl)nn2C1c1ccc(OCCCC)c(OCC)c1. The lowest BCUT2D eigenvalue weighted by Crippen LogP contribution is -2.30. The van der Waals surface area contributed by atoms with Gasteiger partial charge in [-0.15, -0.1) is 5.10 Å². The van der Waals surface area contributed by atoms with E-state index in [2.05, 4.69) is 19.2 Å². The van der Waals surface area contributed by atoms with Crippen LogP contribution in [0.15, 0.2) is 58.9 Å². The van der Waals surface area contributed by atoms with Gasteiger partial charge in [-0.2, -0.15) is 4.98 Å². The van der Waals surface area contributed by atoms with Crippen LogP contribution in [0, 0.1) is 0 Å². The number of benzene rings is 2. The molecule has 0 bridgehead atoms. The number of ether oxygens (including phenoxy) is 3. The highest BCUT2D eigenvalue weighted by Crippen LogP contribution is 2.40. The monoisotopic (exact) mass is 584 g/mol. The number of carbonyl (C=O) groups excluding carboxylic acids is 1. The van der Waals surface area contributed by atoms with Crippen LogP contribution in [0.25, 0.3) is 0 Å². The Balaban J connectivity index is 1.71. The Kier molecular flexibility index (Phi) is 10.8. The van der Waals surface area contributed by atoms with E-state index in [1.807, 2.05) is 56.3 Å². The molecule has 3 aromatic rings. The largest absolute Gasteiger partial charge is 0.490 e. The molecule has 0 amide bonds. The molecule has 8 nitrogen and oxygen atoms in total. The van der Waals surface area contributed by atoms with Crippen molar-refractivity contribution in [1.82, 2.24) is 14.8 Å². The summed E-state index contributed by atoms with van der Waals surface area (Å²) < 4.78 is 19.4. The molecular weight excluding hydrogens is 548 g/mol. The molecule has 2 aromatic carbocycles. The maximum absolute atomic E-state index is 13.4. The summed E-state index contributed by atoms with van der Waals surface area (Å²) >= 11 is 7.85. The van der Waals surface area contributed by atoms with Gasteiger partial charge >= 0.3 is 5.97 Å². The Morgan fingerprint density at radius 2 is 1.82 bits per heavy atom. The number of halogens is 1. The number of fused-ring (bicyclic) bond motifs is 1. The molecule has 0 aliphatic carbocycles. The third kappa shape index (κ3) is 7.12. The van der Waals surface area contributed by atoms with Gasteiger partial charge < -0.3 is 19.5 Å². The summed E-state index contributed by atoms with van der Waals surface area (Å²) in [7, 11) is 0. The minimum Gasteiger partial charge on any atom is -0.490 e. The maximum atomic E-state index is 13.4. The Labute approximate surface area is 245 Å². The van der Waals surface area contributed by atoms with Crippen LogP contribution in [0.5, 0.6) is 11.5 Å². The standard InChI is InChI=1S/C30H37ClN4O4S/c1-5-8-16-38-24-15-14-21(18-25(24)37-7-3)27-26(28(36)39-17-9-6-2)20(4)32-29-33-30(34-35(27)29)40-19-22-12-10-11-13-23(22)31/h10-15,18,27H,5-9,16-17,19H2,1-4H3,(H,32,33,34). The first kappa shape index (κ1) is 29.8. The predicted octanol–water partition coefficient (Wildman–Crippen LogP) is 7.43. The summed E-state index contributed by atoms with van der Waals surface area (Å²) in [6.45, 7) is 9.44. The van der Waals surface area contributed by atoms with E-state index in [0.29, 0.717) is 64.5 Å². The number of allylic oxidation sites excluding steroid dienone is 1. The zero-order valence-electron chi connectivity index (χ0n) is 23.5. The number of carbonyl (C=O) groups is 1. The lowest BCUT2D eigenvalue weighted by Gasteiger charge is -2.28. The van der Waals surface area contributed by atoms with E-state index >= 15 is 0 Å². The van der Waals surface area contributed by atoms with E-state index in [4.69, 9.17) is 35.9 Å².